The number of rotatable bonds is 6. The molecule has 17 heavy (non-hydrogen) atoms. The van der Waals surface area contributed by atoms with Crippen molar-refractivity contribution < 1.29 is 14.7 Å². The molecule has 1 aromatic heterocycles. The minimum Gasteiger partial charge on any atom is -0.480 e. The Morgan fingerprint density at radius 1 is 1.65 bits per heavy atom. The van der Waals surface area contributed by atoms with E-state index in [0.717, 1.165) is 10.6 Å². The van der Waals surface area contributed by atoms with Crippen LogP contribution < -0.4 is 5.32 Å². The fourth-order valence-corrected chi connectivity index (χ4v) is 1.20. The molecule has 1 aromatic rings. The van der Waals surface area contributed by atoms with Crippen molar-refractivity contribution in [1.29, 1.82) is 0 Å². The molecular formula is C10H14N4O3. The van der Waals surface area contributed by atoms with E-state index in [2.05, 4.69) is 21.9 Å². The summed E-state index contributed by atoms with van der Waals surface area (Å²) in [7, 11) is 0. The first-order valence-corrected chi connectivity index (χ1v) is 4.96. The molecule has 1 rings (SSSR count). The first kappa shape index (κ1) is 12.8. The highest BCUT2D eigenvalue weighted by Crippen LogP contribution is 1.94. The van der Waals surface area contributed by atoms with Gasteiger partial charge in [0, 0.05) is 12.7 Å². The van der Waals surface area contributed by atoms with Gasteiger partial charge in [-0.25, -0.2) is 9.78 Å². The number of carbonyl (C=O) groups excluding carboxylic acids is 1. The molecule has 0 radical (unpaired) electrons. The van der Waals surface area contributed by atoms with Crippen molar-refractivity contribution in [1.82, 2.24) is 20.2 Å². The van der Waals surface area contributed by atoms with Crippen LogP contribution >= 0.6 is 0 Å². The molecule has 3 N–H and O–H groups in total. The van der Waals surface area contributed by atoms with Crippen molar-refractivity contribution in [2.45, 2.75) is 6.54 Å². The van der Waals surface area contributed by atoms with Crippen LogP contribution in [0, 0.1) is 0 Å². The van der Waals surface area contributed by atoms with Crippen LogP contribution in [0.4, 0.5) is 4.79 Å². The van der Waals surface area contributed by atoms with E-state index in [1.807, 2.05) is 0 Å². The number of amides is 2. The summed E-state index contributed by atoms with van der Waals surface area (Å²) in [6.45, 7) is 3.56. The lowest BCUT2D eigenvalue weighted by atomic mass is 10.4. The van der Waals surface area contributed by atoms with Crippen molar-refractivity contribution in [3.8, 4) is 0 Å². The molecule has 0 aliphatic rings. The van der Waals surface area contributed by atoms with Crippen LogP contribution in [0.1, 0.15) is 5.69 Å². The zero-order valence-electron chi connectivity index (χ0n) is 9.22. The van der Waals surface area contributed by atoms with Crippen LogP contribution in [0.15, 0.2) is 25.2 Å². The van der Waals surface area contributed by atoms with Gasteiger partial charge in [-0.1, -0.05) is 6.08 Å². The van der Waals surface area contributed by atoms with Gasteiger partial charge in [0.1, 0.15) is 6.54 Å². The lowest BCUT2D eigenvalue weighted by Crippen LogP contribution is -2.42. The number of imidazole rings is 1. The Balaban J connectivity index is 2.46. The molecule has 0 saturated carbocycles. The zero-order chi connectivity index (χ0) is 12.7. The van der Waals surface area contributed by atoms with Crippen LogP contribution in [0.3, 0.4) is 0 Å². The van der Waals surface area contributed by atoms with E-state index in [-0.39, 0.29) is 19.6 Å². The van der Waals surface area contributed by atoms with Crippen molar-refractivity contribution in [2.75, 3.05) is 13.1 Å². The molecule has 1 heterocycles. The van der Waals surface area contributed by atoms with Crippen LogP contribution in [-0.2, 0) is 11.3 Å². The number of hydrogen-bond donors (Lipinski definition) is 3. The predicted molar refractivity (Wildman–Crippen MR) is 60.2 cm³/mol. The number of nitrogens with one attached hydrogen (secondary N) is 2. The monoisotopic (exact) mass is 238 g/mol. The summed E-state index contributed by atoms with van der Waals surface area (Å²) in [6.07, 6.45) is 4.55. The lowest BCUT2D eigenvalue weighted by molar-refractivity contribution is -0.137. The maximum Gasteiger partial charge on any atom is 0.323 e. The van der Waals surface area contributed by atoms with Crippen LogP contribution in [0.5, 0.6) is 0 Å². The molecule has 0 fully saturated rings. The summed E-state index contributed by atoms with van der Waals surface area (Å²) in [4.78, 5) is 29.9. The second-order valence-electron chi connectivity index (χ2n) is 3.30. The Hall–Kier alpha value is -2.31. The molecule has 7 heteroatoms. The van der Waals surface area contributed by atoms with Gasteiger partial charge in [-0.15, -0.1) is 6.58 Å². The number of aromatic nitrogens is 2. The third-order valence-electron chi connectivity index (χ3n) is 1.95. The predicted octanol–water partition coefficient (Wildman–Crippen LogP) is 0.192. The SMILES string of the molecule is C=CCN(CC(=O)O)C(=O)NCc1cnc[nH]1. The third kappa shape index (κ3) is 4.37. The maximum absolute atomic E-state index is 11.6. The van der Waals surface area contributed by atoms with Gasteiger partial charge >= 0.3 is 12.0 Å². The zero-order valence-corrected chi connectivity index (χ0v) is 9.22. The number of H-pyrrole nitrogens is 1. The highest BCUT2D eigenvalue weighted by atomic mass is 16.4. The van der Waals surface area contributed by atoms with E-state index < -0.39 is 12.0 Å². The Kier molecular flexibility index (Phi) is 4.74. The highest BCUT2D eigenvalue weighted by molar-refractivity contribution is 5.80. The number of urea groups is 1. The topological polar surface area (TPSA) is 98.3 Å². The van der Waals surface area contributed by atoms with Gasteiger partial charge in [0.05, 0.1) is 18.6 Å². The Bertz CT molecular complexity index is 388. The van der Waals surface area contributed by atoms with Gasteiger partial charge in [0.15, 0.2) is 0 Å². The highest BCUT2D eigenvalue weighted by Gasteiger charge is 2.14. The lowest BCUT2D eigenvalue weighted by Gasteiger charge is -2.19. The van der Waals surface area contributed by atoms with Crippen molar-refractivity contribution in [2.24, 2.45) is 0 Å². The van der Waals surface area contributed by atoms with Crippen LogP contribution in [0.25, 0.3) is 0 Å². The van der Waals surface area contributed by atoms with E-state index in [0.29, 0.717) is 0 Å². The smallest absolute Gasteiger partial charge is 0.323 e. The number of nitrogens with zero attached hydrogens (tertiary/aromatic N) is 2. The fourth-order valence-electron chi connectivity index (χ4n) is 1.20. The number of aromatic amines is 1. The molecule has 0 saturated heterocycles. The van der Waals surface area contributed by atoms with Gasteiger partial charge in [-0.3, -0.25) is 4.79 Å². The number of aliphatic carboxylic acids is 1. The second-order valence-corrected chi connectivity index (χ2v) is 3.30. The third-order valence-corrected chi connectivity index (χ3v) is 1.95. The minimum absolute atomic E-state index is 0.182. The van der Waals surface area contributed by atoms with Crippen LogP contribution in [0.2, 0.25) is 0 Å². The first-order chi connectivity index (χ1) is 8.13. The van der Waals surface area contributed by atoms with E-state index in [4.69, 9.17) is 5.11 Å². The fraction of sp³-hybridized carbons (Fsp3) is 0.300. The van der Waals surface area contributed by atoms with Crippen molar-refractivity contribution in [3.63, 3.8) is 0 Å². The molecule has 0 spiro atoms. The summed E-state index contributed by atoms with van der Waals surface area (Å²) >= 11 is 0. The Morgan fingerprint density at radius 2 is 2.41 bits per heavy atom. The summed E-state index contributed by atoms with van der Waals surface area (Å²) in [5.74, 6) is -1.07. The standard InChI is InChI=1S/C10H14N4O3/c1-2-3-14(6-9(15)16)10(17)12-5-8-4-11-7-13-8/h2,4,7H,1,3,5-6H2,(H,11,13)(H,12,17)(H,15,16). The summed E-state index contributed by atoms with van der Waals surface area (Å²) in [5, 5.41) is 11.2. The quantitative estimate of drug-likeness (QED) is 0.616. The van der Waals surface area contributed by atoms with Gasteiger partial charge in [0.2, 0.25) is 0 Å². The average Bonchev–Trinajstić information content (AvgIpc) is 2.77. The molecule has 0 aromatic carbocycles. The molecule has 0 aliphatic carbocycles. The number of carboxylic acid groups (broad SMARTS) is 1. The average molecular weight is 238 g/mol. The van der Waals surface area contributed by atoms with Crippen molar-refractivity contribution in [3.05, 3.63) is 30.9 Å². The molecule has 0 bridgehead atoms. The Morgan fingerprint density at radius 3 is 2.94 bits per heavy atom. The summed E-state index contributed by atoms with van der Waals surface area (Å²) in [5.41, 5.74) is 0.743. The minimum atomic E-state index is -1.07. The number of carbonyl (C=O) groups is 2. The molecule has 92 valence electrons. The molecule has 0 aliphatic heterocycles. The second kappa shape index (κ2) is 6.31. The van der Waals surface area contributed by atoms with Gasteiger partial charge in [-0.2, -0.15) is 0 Å². The van der Waals surface area contributed by atoms with Gasteiger partial charge < -0.3 is 20.3 Å². The summed E-state index contributed by atoms with van der Waals surface area (Å²) in [6, 6.07) is -0.457. The molecular weight excluding hydrogens is 224 g/mol. The molecule has 2 amide bonds. The van der Waals surface area contributed by atoms with Gasteiger partial charge in [-0.05, 0) is 0 Å². The number of carboxylic acids is 1. The maximum atomic E-state index is 11.6. The normalized spacial score (nSPS) is 9.65. The van der Waals surface area contributed by atoms with E-state index in [1.54, 1.807) is 6.20 Å². The molecule has 0 unspecified atom stereocenters. The number of hydrogen-bond acceptors (Lipinski definition) is 3. The van der Waals surface area contributed by atoms with Crippen LogP contribution in [-0.4, -0.2) is 45.1 Å². The van der Waals surface area contributed by atoms with E-state index >= 15 is 0 Å². The van der Waals surface area contributed by atoms with E-state index in [1.165, 1.54) is 12.4 Å². The van der Waals surface area contributed by atoms with Gasteiger partial charge in [0.25, 0.3) is 0 Å². The van der Waals surface area contributed by atoms with E-state index in [9.17, 15) is 9.59 Å². The van der Waals surface area contributed by atoms with Crippen molar-refractivity contribution >= 4 is 12.0 Å². The largest absolute Gasteiger partial charge is 0.480 e. The molecule has 7 nitrogen and oxygen atoms in total. The molecule has 0 atom stereocenters. The Labute approximate surface area is 98.2 Å². The summed E-state index contributed by atoms with van der Waals surface area (Å²) < 4.78 is 0. The first-order valence-electron chi connectivity index (χ1n) is 4.96.